The summed E-state index contributed by atoms with van der Waals surface area (Å²) >= 11 is 0. The van der Waals surface area contributed by atoms with E-state index in [0.29, 0.717) is 13.2 Å². The second kappa shape index (κ2) is 7.82. The topological polar surface area (TPSA) is 104 Å². The second-order valence-corrected chi connectivity index (χ2v) is 4.72. The predicted octanol–water partition coefficient (Wildman–Crippen LogP) is 1.33. The van der Waals surface area contributed by atoms with E-state index in [1.54, 1.807) is 18.7 Å². The quantitative estimate of drug-likeness (QED) is 0.457. The molecule has 0 saturated heterocycles. The lowest BCUT2D eigenvalue weighted by Gasteiger charge is -2.12. The summed E-state index contributed by atoms with van der Waals surface area (Å²) in [6.45, 7) is 3.42. The van der Waals surface area contributed by atoms with Crippen molar-refractivity contribution in [3.63, 3.8) is 0 Å². The molecule has 22 heavy (non-hydrogen) atoms. The van der Waals surface area contributed by atoms with Crippen LogP contribution in [0.2, 0.25) is 0 Å². The Labute approximate surface area is 129 Å². The fraction of sp³-hybridized carbons (Fsp3) is 0.267. The second-order valence-electron chi connectivity index (χ2n) is 4.72. The highest BCUT2D eigenvalue weighted by Crippen LogP contribution is 2.21. The molecule has 1 heterocycles. The van der Waals surface area contributed by atoms with Crippen LogP contribution in [0.3, 0.4) is 0 Å². The van der Waals surface area contributed by atoms with Gasteiger partial charge in [0.05, 0.1) is 25.7 Å². The van der Waals surface area contributed by atoms with Gasteiger partial charge in [0, 0.05) is 18.0 Å². The Kier molecular flexibility index (Phi) is 5.53. The largest absolute Gasteiger partial charge is 0.493 e. The Bertz CT molecular complexity index is 644. The highest BCUT2D eigenvalue weighted by molar-refractivity contribution is 5.82. The minimum Gasteiger partial charge on any atom is -0.493 e. The van der Waals surface area contributed by atoms with E-state index in [1.165, 1.54) is 0 Å². The summed E-state index contributed by atoms with van der Waals surface area (Å²) in [7, 11) is 0. The first-order valence-electron chi connectivity index (χ1n) is 7.02. The van der Waals surface area contributed by atoms with Gasteiger partial charge in [0.25, 0.3) is 0 Å². The van der Waals surface area contributed by atoms with E-state index in [0.717, 1.165) is 23.3 Å². The summed E-state index contributed by atoms with van der Waals surface area (Å²) in [6, 6.07) is 5.84. The van der Waals surface area contributed by atoms with E-state index >= 15 is 0 Å². The van der Waals surface area contributed by atoms with Crippen LogP contribution >= 0.6 is 0 Å². The molecule has 0 saturated carbocycles. The summed E-state index contributed by atoms with van der Waals surface area (Å²) in [4.78, 5) is 4.05. The number of nitrogens with two attached hydrogens (primary N) is 2. The molecular formula is C15H20N6O. The van der Waals surface area contributed by atoms with Gasteiger partial charge in [0.1, 0.15) is 5.75 Å². The maximum Gasteiger partial charge on any atom is 0.211 e. The number of imidazole rings is 1. The number of guanidine groups is 1. The Morgan fingerprint density at radius 3 is 2.95 bits per heavy atom. The molecule has 0 aliphatic carbocycles. The van der Waals surface area contributed by atoms with Crippen LogP contribution in [0.5, 0.6) is 5.75 Å². The molecule has 0 spiro atoms. The van der Waals surface area contributed by atoms with Crippen LogP contribution in [0.15, 0.2) is 47.1 Å². The minimum absolute atomic E-state index is 0.0715. The Morgan fingerprint density at radius 2 is 2.27 bits per heavy atom. The van der Waals surface area contributed by atoms with Crippen molar-refractivity contribution < 1.29 is 4.74 Å². The van der Waals surface area contributed by atoms with E-state index in [2.05, 4.69) is 22.1 Å². The van der Waals surface area contributed by atoms with Crippen molar-refractivity contribution in [2.24, 2.45) is 21.7 Å². The lowest BCUT2D eigenvalue weighted by Crippen LogP contribution is -2.21. The standard InChI is InChI=1S/C15H20N6O/c1-2-7-22-14-4-3-12(9-19-20-15(16)17)8-13(14)10-21-6-5-18-11-21/h3-6,8-9,11H,2,7,10H2,1H3,(H4,16,17,20). The highest BCUT2D eigenvalue weighted by Gasteiger charge is 2.06. The van der Waals surface area contributed by atoms with Crippen molar-refractivity contribution in [2.45, 2.75) is 19.9 Å². The van der Waals surface area contributed by atoms with Crippen LogP contribution in [0.1, 0.15) is 24.5 Å². The van der Waals surface area contributed by atoms with Crippen LogP contribution in [0.4, 0.5) is 0 Å². The van der Waals surface area contributed by atoms with Crippen LogP contribution in [-0.4, -0.2) is 28.3 Å². The summed E-state index contributed by atoms with van der Waals surface area (Å²) in [6.07, 6.45) is 7.98. The molecule has 7 nitrogen and oxygen atoms in total. The van der Waals surface area contributed by atoms with Crippen LogP contribution in [0, 0.1) is 0 Å². The first-order valence-corrected chi connectivity index (χ1v) is 7.02. The van der Waals surface area contributed by atoms with Crippen molar-refractivity contribution >= 4 is 12.2 Å². The van der Waals surface area contributed by atoms with E-state index in [9.17, 15) is 0 Å². The summed E-state index contributed by atoms with van der Waals surface area (Å²) < 4.78 is 7.76. The minimum atomic E-state index is -0.0715. The number of ether oxygens (including phenoxy) is 1. The monoisotopic (exact) mass is 300 g/mol. The zero-order valence-electron chi connectivity index (χ0n) is 12.5. The van der Waals surface area contributed by atoms with Crippen LogP contribution in [0.25, 0.3) is 0 Å². The molecule has 2 rings (SSSR count). The molecule has 0 unspecified atom stereocenters. The number of nitrogens with zero attached hydrogens (tertiary/aromatic N) is 4. The van der Waals surface area contributed by atoms with Crippen LogP contribution in [-0.2, 0) is 6.54 Å². The molecule has 0 bridgehead atoms. The average molecular weight is 300 g/mol. The smallest absolute Gasteiger partial charge is 0.211 e. The van der Waals surface area contributed by atoms with Crippen molar-refractivity contribution in [1.29, 1.82) is 0 Å². The normalized spacial score (nSPS) is 10.8. The van der Waals surface area contributed by atoms with E-state index in [-0.39, 0.29) is 5.96 Å². The third kappa shape index (κ3) is 4.62. The number of rotatable bonds is 7. The zero-order chi connectivity index (χ0) is 15.8. The van der Waals surface area contributed by atoms with Gasteiger partial charge in [0.15, 0.2) is 0 Å². The maximum atomic E-state index is 5.79. The highest BCUT2D eigenvalue weighted by atomic mass is 16.5. The Hall–Kier alpha value is -2.83. The molecule has 116 valence electrons. The van der Waals surface area contributed by atoms with Gasteiger partial charge in [-0.1, -0.05) is 6.92 Å². The molecule has 0 aliphatic heterocycles. The van der Waals surface area contributed by atoms with Gasteiger partial charge < -0.3 is 20.8 Å². The fourth-order valence-corrected chi connectivity index (χ4v) is 1.90. The van der Waals surface area contributed by atoms with Gasteiger partial charge in [-0.3, -0.25) is 0 Å². The van der Waals surface area contributed by atoms with Gasteiger partial charge in [-0.2, -0.15) is 5.10 Å². The predicted molar refractivity (Wildman–Crippen MR) is 87.0 cm³/mol. The van der Waals surface area contributed by atoms with E-state index in [4.69, 9.17) is 16.2 Å². The number of hydrogen-bond acceptors (Lipinski definition) is 4. The zero-order valence-corrected chi connectivity index (χ0v) is 12.5. The first kappa shape index (κ1) is 15.6. The number of benzene rings is 1. The Morgan fingerprint density at radius 1 is 1.41 bits per heavy atom. The molecular weight excluding hydrogens is 280 g/mol. The molecule has 0 fully saturated rings. The van der Waals surface area contributed by atoms with Gasteiger partial charge in [-0.25, -0.2) is 4.98 Å². The van der Waals surface area contributed by atoms with Gasteiger partial charge in [-0.05, 0) is 30.2 Å². The van der Waals surface area contributed by atoms with Crippen molar-refractivity contribution in [3.8, 4) is 5.75 Å². The summed E-state index contributed by atoms with van der Waals surface area (Å²) in [5.41, 5.74) is 12.4. The molecule has 1 aromatic heterocycles. The SMILES string of the molecule is CCCOc1ccc(C=NN=C(N)N)cc1Cn1ccnc1. The summed E-state index contributed by atoms with van der Waals surface area (Å²) in [5.74, 6) is 0.785. The van der Waals surface area contributed by atoms with E-state index in [1.807, 2.05) is 29.0 Å². The van der Waals surface area contributed by atoms with Gasteiger partial charge in [0.2, 0.25) is 5.96 Å². The molecule has 2 aromatic rings. The van der Waals surface area contributed by atoms with Crippen molar-refractivity contribution in [1.82, 2.24) is 9.55 Å². The van der Waals surface area contributed by atoms with Gasteiger partial charge in [-0.15, -0.1) is 5.10 Å². The number of hydrogen-bond donors (Lipinski definition) is 2. The third-order valence-electron chi connectivity index (χ3n) is 2.84. The molecule has 0 aliphatic rings. The molecule has 7 heteroatoms. The van der Waals surface area contributed by atoms with Crippen LogP contribution < -0.4 is 16.2 Å². The lowest BCUT2D eigenvalue weighted by molar-refractivity contribution is 0.313. The van der Waals surface area contributed by atoms with Gasteiger partial charge >= 0.3 is 0 Å². The number of aromatic nitrogens is 2. The molecule has 0 amide bonds. The lowest BCUT2D eigenvalue weighted by atomic mass is 10.1. The molecule has 1 aromatic carbocycles. The molecule has 0 radical (unpaired) electrons. The Balaban J connectivity index is 2.23. The van der Waals surface area contributed by atoms with Crippen molar-refractivity contribution in [3.05, 3.63) is 48.0 Å². The maximum absolute atomic E-state index is 5.79. The fourth-order valence-electron chi connectivity index (χ4n) is 1.90. The molecule has 0 atom stereocenters. The molecule has 4 N–H and O–H groups in total. The average Bonchev–Trinajstić information content (AvgIpc) is 2.99. The van der Waals surface area contributed by atoms with E-state index < -0.39 is 0 Å². The summed E-state index contributed by atoms with van der Waals surface area (Å²) in [5, 5.41) is 7.42. The first-order chi connectivity index (χ1) is 10.7. The van der Waals surface area contributed by atoms with Crippen molar-refractivity contribution in [2.75, 3.05) is 6.61 Å². The third-order valence-corrected chi connectivity index (χ3v) is 2.84.